The van der Waals surface area contributed by atoms with Crippen molar-refractivity contribution in [1.82, 2.24) is 0 Å². The van der Waals surface area contributed by atoms with E-state index in [1.165, 1.54) is 0 Å². The molecule has 0 rings (SSSR count). The minimum absolute atomic E-state index is 4.62. The standard InChI is InChI=1S/C9HF21O3S2/c10-1(2(11)34(31,32)33)3(12,13)4(14,15)5(16,17)6(18,19)7(20,21)8(22,23)9(24,25)35(26,27,28,29)30/h(H,31,32,33)/b2-1-. The van der Waals surface area contributed by atoms with Crippen LogP contribution in [0.3, 0.4) is 0 Å². The summed E-state index contributed by atoms with van der Waals surface area (Å²) in [5.74, 6) is -60.0. The molecule has 0 amide bonds. The van der Waals surface area contributed by atoms with E-state index < -0.39 is 72.1 Å². The molecule has 0 fully saturated rings. The van der Waals surface area contributed by atoms with E-state index in [0.717, 1.165) is 0 Å². The molecule has 0 aromatic heterocycles. The molecule has 214 valence electrons. The van der Waals surface area contributed by atoms with E-state index in [1.54, 1.807) is 0 Å². The molecule has 0 saturated heterocycles. The highest BCUT2D eigenvalue weighted by Crippen LogP contribution is 3.06. The van der Waals surface area contributed by atoms with Gasteiger partial charge in [0.25, 0.3) is 5.16 Å². The Hall–Kier alpha value is -1.47. The van der Waals surface area contributed by atoms with Crippen LogP contribution in [-0.4, -0.2) is 53.8 Å². The van der Waals surface area contributed by atoms with E-state index >= 15 is 0 Å². The fraction of sp³-hybridized carbons (Fsp3) is 0.778. The summed E-state index contributed by atoms with van der Waals surface area (Å²) in [6, 6.07) is 0. The predicted molar refractivity (Wildman–Crippen MR) is 68.6 cm³/mol. The smallest absolute Gasteiger partial charge is 0.280 e. The van der Waals surface area contributed by atoms with Gasteiger partial charge >= 0.3 is 61.1 Å². The first kappa shape index (κ1) is 33.5. The Bertz CT molecular complexity index is 1000. The zero-order chi connectivity index (χ0) is 29.6. The largest absolute Gasteiger partial charge is 0.450 e. The summed E-state index contributed by atoms with van der Waals surface area (Å²) in [4.78, 5) is 0. The van der Waals surface area contributed by atoms with Crippen LogP contribution < -0.4 is 0 Å². The fourth-order valence-electron chi connectivity index (χ4n) is 1.59. The van der Waals surface area contributed by atoms with Crippen molar-refractivity contribution in [3.63, 3.8) is 0 Å². The van der Waals surface area contributed by atoms with Gasteiger partial charge in [-0.25, -0.2) is 4.39 Å². The number of halogens is 21. The molecule has 0 aliphatic heterocycles. The van der Waals surface area contributed by atoms with Crippen molar-refractivity contribution in [1.29, 1.82) is 0 Å². The Balaban J connectivity index is 7.30. The average molecular weight is 620 g/mol. The molecule has 0 aliphatic rings. The highest BCUT2D eigenvalue weighted by atomic mass is 32.5. The van der Waals surface area contributed by atoms with Gasteiger partial charge in [0.1, 0.15) is 0 Å². The molecule has 0 aliphatic carbocycles. The molecule has 0 bridgehead atoms. The maximum Gasteiger partial charge on any atom is 0.450 e. The SMILES string of the molecule is O=S(=O)(O)/C(F)=C(\F)C(F)(F)C(F)(F)C(F)(F)C(F)(F)C(F)(F)C(F)(F)C(F)(F)S(F)(F)(F)(F)F. The van der Waals surface area contributed by atoms with Crippen molar-refractivity contribution in [2.45, 2.75) is 40.8 Å². The number of hydrogen-bond donors (Lipinski definition) is 1. The molecule has 1 N–H and O–H groups in total. The Morgan fingerprint density at radius 3 is 1.06 bits per heavy atom. The normalized spacial score (nSPS) is 19.1. The lowest BCUT2D eigenvalue weighted by molar-refractivity contribution is -0.434. The Kier molecular flexibility index (Phi) is 6.79. The molecule has 0 spiro atoms. The number of hydrogen-bond acceptors (Lipinski definition) is 2. The van der Waals surface area contributed by atoms with E-state index in [0.29, 0.717) is 0 Å². The lowest BCUT2D eigenvalue weighted by Crippen LogP contribution is -2.74. The van der Waals surface area contributed by atoms with Gasteiger partial charge in [0, 0.05) is 0 Å². The molecule has 0 unspecified atom stereocenters. The molecule has 0 aromatic carbocycles. The van der Waals surface area contributed by atoms with Crippen LogP contribution in [0.25, 0.3) is 0 Å². The van der Waals surface area contributed by atoms with Crippen LogP contribution in [0.5, 0.6) is 0 Å². The maximum atomic E-state index is 13.3. The van der Waals surface area contributed by atoms with Gasteiger partial charge in [0.15, 0.2) is 0 Å². The minimum Gasteiger partial charge on any atom is -0.280 e. The summed E-state index contributed by atoms with van der Waals surface area (Å²) in [5.41, 5.74) is 0. The van der Waals surface area contributed by atoms with E-state index in [2.05, 4.69) is 0 Å². The molecular weight excluding hydrogens is 619 g/mol. The van der Waals surface area contributed by atoms with E-state index in [1.807, 2.05) is 0 Å². The summed E-state index contributed by atoms with van der Waals surface area (Å²) in [6.07, 6.45) is 0. The molecule has 0 atom stereocenters. The first-order valence-electron chi connectivity index (χ1n) is 6.72. The zero-order valence-electron chi connectivity index (χ0n) is 14.5. The molecule has 0 heterocycles. The van der Waals surface area contributed by atoms with Crippen LogP contribution in [0, 0.1) is 0 Å². The van der Waals surface area contributed by atoms with Crippen molar-refractivity contribution >= 4 is 20.3 Å². The van der Waals surface area contributed by atoms with Gasteiger partial charge in [0.2, 0.25) is 5.83 Å². The van der Waals surface area contributed by atoms with Crippen LogP contribution in [0.1, 0.15) is 0 Å². The quantitative estimate of drug-likeness (QED) is 0.213. The van der Waals surface area contributed by atoms with Gasteiger partial charge in [-0.1, -0.05) is 19.4 Å². The van der Waals surface area contributed by atoms with Crippen LogP contribution in [0.15, 0.2) is 11.0 Å². The Morgan fingerprint density at radius 2 is 0.800 bits per heavy atom. The monoisotopic (exact) mass is 620 g/mol. The predicted octanol–water partition coefficient (Wildman–Crippen LogP) is 7.69. The molecule has 35 heavy (non-hydrogen) atoms. The summed E-state index contributed by atoms with van der Waals surface area (Å²) < 4.78 is 297. The van der Waals surface area contributed by atoms with E-state index in [9.17, 15) is 98.1 Å². The third-order valence-corrected chi connectivity index (χ3v) is 5.35. The van der Waals surface area contributed by atoms with E-state index in [4.69, 9.17) is 4.55 Å². The minimum atomic E-state index is -13.5. The highest BCUT2D eigenvalue weighted by Gasteiger charge is 3.01. The molecule has 3 nitrogen and oxygen atoms in total. The first-order chi connectivity index (χ1) is 14.3. The molecular formula is C9HF21O3S2. The van der Waals surface area contributed by atoms with Crippen molar-refractivity contribution in [3.8, 4) is 0 Å². The molecule has 0 aromatic rings. The second-order valence-corrected chi connectivity index (χ2v) is 9.75. The second-order valence-electron chi connectivity index (χ2n) is 5.99. The molecule has 0 saturated carbocycles. The number of allylic oxidation sites excluding steroid dienone is 1. The van der Waals surface area contributed by atoms with Crippen molar-refractivity contribution in [3.05, 3.63) is 11.0 Å². The number of rotatable bonds is 9. The summed E-state index contributed by atoms with van der Waals surface area (Å²) >= 11 is 0. The van der Waals surface area contributed by atoms with Crippen LogP contribution in [0.4, 0.5) is 89.7 Å². The topological polar surface area (TPSA) is 54.4 Å². The second kappa shape index (κ2) is 7.09. The van der Waals surface area contributed by atoms with Gasteiger partial charge < -0.3 is 0 Å². The summed E-state index contributed by atoms with van der Waals surface area (Å²) in [7, 11) is -20.6. The van der Waals surface area contributed by atoms with Gasteiger partial charge in [-0.3, -0.25) is 4.55 Å². The Morgan fingerprint density at radius 1 is 0.543 bits per heavy atom. The van der Waals surface area contributed by atoms with Crippen LogP contribution >= 0.6 is 10.2 Å². The van der Waals surface area contributed by atoms with Gasteiger partial charge in [-0.2, -0.15) is 74.3 Å². The van der Waals surface area contributed by atoms with Gasteiger partial charge in [-0.05, 0) is 0 Å². The fourth-order valence-corrected chi connectivity index (χ4v) is 2.56. The summed E-state index contributed by atoms with van der Waals surface area (Å²) in [6.45, 7) is 0. The van der Waals surface area contributed by atoms with Crippen molar-refractivity contribution in [2.75, 3.05) is 0 Å². The maximum absolute atomic E-state index is 13.5. The van der Waals surface area contributed by atoms with Gasteiger partial charge in [0.05, 0.1) is 0 Å². The van der Waals surface area contributed by atoms with Crippen LogP contribution in [-0.2, 0) is 10.1 Å². The van der Waals surface area contributed by atoms with Crippen molar-refractivity contribution < 1.29 is 103 Å². The first-order valence-corrected chi connectivity index (χ1v) is 10.1. The molecule has 0 radical (unpaired) electrons. The third-order valence-electron chi connectivity index (χ3n) is 3.50. The highest BCUT2D eigenvalue weighted by molar-refractivity contribution is 8.46. The van der Waals surface area contributed by atoms with Gasteiger partial charge in [-0.15, -0.1) is 0 Å². The molecule has 26 heteroatoms. The lowest BCUT2D eigenvalue weighted by Gasteiger charge is -2.50. The lowest BCUT2D eigenvalue weighted by atomic mass is 9.91. The van der Waals surface area contributed by atoms with Crippen molar-refractivity contribution in [2.24, 2.45) is 0 Å². The van der Waals surface area contributed by atoms with Crippen LogP contribution in [0.2, 0.25) is 0 Å². The zero-order valence-corrected chi connectivity index (χ0v) is 16.2. The third kappa shape index (κ3) is 4.35. The summed E-state index contributed by atoms with van der Waals surface area (Å²) in [5, 5.41) is -14.4. The average Bonchev–Trinajstić information content (AvgIpc) is 2.55. The van der Waals surface area contributed by atoms with E-state index in [-0.39, 0.29) is 0 Å². The Labute approximate surface area is 176 Å². The number of alkyl halides is 14.